The van der Waals surface area contributed by atoms with Crippen molar-refractivity contribution in [2.45, 2.75) is 64.4 Å². The highest BCUT2D eigenvalue weighted by atomic mass is 32.2. The molecule has 0 aliphatic heterocycles. The standard InChI is InChI=1S/C31H38FN3O4S/c1-5-7-19-33-31(37)29(6-2)34(21-25-10-8-9-24(4)20-25)30(36)22-35(27-15-13-26(32)14-16-27)40(38,39)28-17-11-23(3)12-18-28/h8-18,20,29H,5-7,19,21-22H2,1-4H3,(H,33,37)/t29-/m1/s1. The summed E-state index contributed by atoms with van der Waals surface area (Å²) in [6, 6.07) is 18.1. The number of hydrogen-bond donors (Lipinski definition) is 1. The third kappa shape index (κ3) is 7.91. The molecule has 9 heteroatoms. The quantitative estimate of drug-likeness (QED) is 0.282. The fraction of sp³-hybridized carbons (Fsp3) is 0.355. The van der Waals surface area contributed by atoms with Crippen LogP contribution in [0.3, 0.4) is 0 Å². The highest BCUT2D eigenvalue weighted by Gasteiger charge is 2.33. The van der Waals surface area contributed by atoms with Gasteiger partial charge in [0.05, 0.1) is 10.6 Å². The van der Waals surface area contributed by atoms with Crippen LogP contribution in [-0.4, -0.2) is 44.3 Å². The number of amides is 2. The lowest BCUT2D eigenvalue weighted by Gasteiger charge is -2.33. The van der Waals surface area contributed by atoms with Gasteiger partial charge in [-0.2, -0.15) is 0 Å². The third-order valence-corrected chi connectivity index (χ3v) is 8.44. The van der Waals surface area contributed by atoms with Gasteiger partial charge in [0.25, 0.3) is 10.0 Å². The van der Waals surface area contributed by atoms with Gasteiger partial charge in [0, 0.05) is 13.1 Å². The first-order valence-electron chi connectivity index (χ1n) is 13.5. The first kappa shape index (κ1) is 30.8. The summed E-state index contributed by atoms with van der Waals surface area (Å²) < 4.78 is 42.4. The number of anilines is 1. The molecule has 3 aromatic carbocycles. The van der Waals surface area contributed by atoms with Crippen molar-refractivity contribution in [2.75, 3.05) is 17.4 Å². The van der Waals surface area contributed by atoms with Crippen LogP contribution in [0.4, 0.5) is 10.1 Å². The lowest BCUT2D eigenvalue weighted by Crippen LogP contribution is -2.52. The molecule has 0 fully saturated rings. The van der Waals surface area contributed by atoms with Crippen LogP contribution in [0.15, 0.2) is 77.7 Å². The Balaban J connectivity index is 2.03. The highest BCUT2D eigenvalue weighted by Crippen LogP contribution is 2.25. The summed E-state index contributed by atoms with van der Waals surface area (Å²) in [7, 11) is -4.20. The Kier molecular flexibility index (Phi) is 10.8. The zero-order chi connectivity index (χ0) is 29.3. The second-order valence-corrected chi connectivity index (χ2v) is 11.7. The summed E-state index contributed by atoms with van der Waals surface area (Å²) >= 11 is 0. The lowest BCUT2D eigenvalue weighted by molar-refractivity contribution is -0.140. The summed E-state index contributed by atoms with van der Waals surface area (Å²) in [6.45, 7) is 7.68. The summed E-state index contributed by atoms with van der Waals surface area (Å²) in [5, 5.41) is 2.91. The molecule has 1 N–H and O–H groups in total. The normalized spacial score (nSPS) is 12.0. The first-order valence-corrected chi connectivity index (χ1v) is 15.0. The molecule has 0 radical (unpaired) electrons. The van der Waals surface area contributed by atoms with Gasteiger partial charge < -0.3 is 10.2 Å². The van der Waals surface area contributed by atoms with Crippen LogP contribution in [0.25, 0.3) is 0 Å². The molecular weight excluding hydrogens is 529 g/mol. The van der Waals surface area contributed by atoms with Crippen molar-refractivity contribution in [2.24, 2.45) is 0 Å². The van der Waals surface area contributed by atoms with E-state index < -0.39 is 34.3 Å². The van der Waals surface area contributed by atoms with E-state index in [1.807, 2.05) is 52.0 Å². The topological polar surface area (TPSA) is 86.8 Å². The molecule has 0 aliphatic rings. The van der Waals surface area contributed by atoms with Crippen LogP contribution in [0, 0.1) is 19.7 Å². The van der Waals surface area contributed by atoms with Crippen molar-refractivity contribution in [1.29, 1.82) is 0 Å². The van der Waals surface area contributed by atoms with Crippen molar-refractivity contribution in [1.82, 2.24) is 10.2 Å². The lowest BCUT2D eigenvalue weighted by atomic mass is 10.1. The zero-order valence-electron chi connectivity index (χ0n) is 23.6. The van der Waals surface area contributed by atoms with Gasteiger partial charge in [-0.15, -0.1) is 0 Å². The molecule has 3 aromatic rings. The Bertz CT molecular complexity index is 1390. The molecule has 3 rings (SSSR count). The molecule has 2 amide bonds. The van der Waals surface area contributed by atoms with Crippen LogP contribution >= 0.6 is 0 Å². The molecule has 40 heavy (non-hydrogen) atoms. The maximum Gasteiger partial charge on any atom is 0.264 e. The van der Waals surface area contributed by atoms with E-state index in [2.05, 4.69) is 5.32 Å². The molecule has 0 spiro atoms. The van der Waals surface area contributed by atoms with E-state index in [1.165, 1.54) is 29.2 Å². The average Bonchev–Trinajstić information content (AvgIpc) is 2.92. The Morgan fingerprint density at radius 2 is 1.60 bits per heavy atom. The fourth-order valence-corrected chi connectivity index (χ4v) is 5.82. The van der Waals surface area contributed by atoms with E-state index in [1.54, 1.807) is 12.1 Å². The zero-order valence-corrected chi connectivity index (χ0v) is 24.4. The predicted molar refractivity (Wildman–Crippen MR) is 156 cm³/mol. The van der Waals surface area contributed by atoms with Gasteiger partial charge in [-0.25, -0.2) is 12.8 Å². The van der Waals surface area contributed by atoms with Crippen LogP contribution in [0.5, 0.6) is 0 Å². The number of rotatable bonds is 13. The van der Waals surface area contributed by atoms with Gasteiger partial charge in [-0.3, -0.25) is 13.9 Å². The molecule has 0 saturated heterocycles. The van der Waals surface area contributed by atoms with Crippen LogP contribution in [0.2, 0.25) is 0 Å². The molecule has 0 aliphatic carbocycles. The number of carbonyl (C=O) groups is 2. The molecule has 0 aromatic heterocycles. The Morgan fingerprint density at radius 3 is 2.20 bits per heavy atom. The highest BCUT2D eigenvalue weighted by molar-refractivity contribution is 7.92. The number of hydrogen-bond acceptors (Lipinski definition) is 4. The largest absolute Gasteiger partial charge is 0.354 e. The smallest absolute Gasteiger partial charge is 0.264 e. The first-order chi connectivity index (χ1) is 19.1. The van der Waals surface area contributed by atoms with Crippen molar-refractivity contribution < 1.29 is 22.4 Å². The van der Waals surface area contributed by atoms with Crippen molar-refractivity contribution in [3.05, 3.63) is 95.3 Å². The number of nitrogens with one attached hydrogen (secondary N) is 1. The number of aryl methyl sites for hydroxylation is 2. The number of carbonyl (C=O) groups excluding carboxylic acids is 2. The van der Waals surface area contributed by atoms with Gasteiger partial charge in [-0.05, 0) is 68.7 Å². The minimum Gasteiger partial charge on any atom is -0.354 e. The van der Waals surface area contributed by atoms with E-state index >= 15 is 0 Å². The fourth-order valence-electron chi connectivity index (χ4n) is 4.41. The molecule has 214 valence electrons. The second kappa shape index (κ2) is 14.1. The van der Waals surface area contributed by atoms with E-state index in [4.69, 9.17) is 0 Å². The Labute approximate surface area is 237 Å². The monoisotopic (exact) mass is 567 g/mol. The van der Waals surface area contributed by atoms with Crippen LogP contribution < -0.4 is 9.62 Å². The molecular formula is C31H38FN3O4S. The summed E-state index contributed by atoms with van der Waals surface area (Å²) in [5.41, 5.74) is 2.85. The number of unbranched alkanes of at least 4 members (excludes halogenated alkanes) is 1. The minimum absolute atomic E-state index is 0.00445. The number of nitrogens with zero attached hydrogens (tertiary/aromatic N) is 2. The number of halogens is 1. The molecule has 0 heterocycles. The van der Waals surface area contributed by atoms with Gasteiger partial charge in [0.2, 0.25) is 11.8 Å². The maximum absolute atomic E-state index is 14.0. The molecule has 1 atom stereocenters. The predicted octanol–water partition coefficient (Wildman–Crippen LogP) is 5.36. The summed E-state index contributed by atoms with van der Waals surface area (Å²) in [4.78, 5) is 28.7. The Hall–Kier alpha value is -3.72. The van der Waals surface area contributed by atoms with Gasteiger partial charge in [-0.1, -0.05) is 67.8 Å². The Morgan fingerprint density at radius 1 is 0.925 bits per heavy atom. The molecule has 0 unspecified atom stereocenters. The molecule has 0 saturated carbocycles. The van der Waals surface area contributed by atoms with Crippen LogP contribution in [-0.2, 0) is 26.2 Å². The minimum atomic E-state index is -4.20. The average molecular weight is 568 g/mol. The van der Waals surface area contributed by atoms with Crippen molar-refractivity contribution in [3.63, 3.8) is 0 Å². The molecule has 7 nitrogen and oxygen atoms in total. The SMILES string of the molecule is CCCCNC(=O)[C@@H](CC)N(Cc1cccc(C)c1)C(=O)CN(c1ccc(F)cc1)S(=O)(=O)c1ccc(C)cc1. The second-order valence-electron chi connectivity index (χ2n) is 9.88. The van der Waals surface area contributed by atoms with Crippen molar-refractivity contribution >= 4 is 27.5 Å². The van der Waals surface area contributed by atoms with E-state index in [0.717, 1.165) is 46.0 Å². The van der Waals surface area contributed by atoms with Gasteiger partial charge in [0.15, 0.2) is 0 Å². The number of benzene rings is 3. The maximum atomic E-state index is 14.0. The van der Waals surface area contributed by atoms with E-state index in [9.17, 15) is 22.4 Å². The molecule has 0 bridgehead atoms. The summed E-state index contributed by atoms with van der Waals surface area (Å²) in [6.07, 6.45) is 2.06. The third-order valence-electron chi connectivity index (χ3n) is 6.65. The van der Waals surface area contributed by atoms with Gasteiger partial charge >= 0.3 is 0 Å². The van der Waals surface area contributed by atoms with Crippen LogP contribution in [0.1, 0.15) is 49.8 Å². The van der Waals surface area contributed by atoms with E-state index in [-0.39, 0.29) is 23.0 Å². The number of sulfonamides is 1. The van der Waals surface area contributed by atoms with Gasteiger partial charge in [0.1, 0.15) is 18.4 Å². The summed E-state index contributed by atoms with van der Waals surface area (Å²) in [5.74, 6) is -1.36. The van der Waals surface area contributed by atoms with Crippen molar-refractivity contribution in [3.8, 4) is 0 Å². The van der Waals surface area contributed by atoms with E-state index in [0.29, 0.717) is 13.0 Å².